The molecule has 2 aromatic rings. The van der Waals surface area contributed by atoms with Gasteiger partial charge in [-0.15, -0.1) is 0 Å². The minimum atomic E-state index is -0.681. The van der Waals surface area contributed by atoms with Gasteiger partial charge in [-0.1, -0.05) is 0 Å². The number of anilines is 1. The summed E-state index contributed by atoms with van der Waals surface area (Å²) < 4.78 is 7.18. The number of hydrogen-bond acceptors (Lipinski definition) is 6. The summed E-state index contributed by atoms with van der Waals surface area (Å²) in [6, 6.07) is 0. The summed E-state index contributed by atoms with van der Waals surface area (Å²) in [5.74, 6) is 0.401. The van der Waals surface area contributed by atoms with Gasteiger partial charge in [-0.2, -0.15) is 4.98 Å². The summed E-state index contributed by atoms with van der Waals surface area (Å²) in [6.45, 7) is 0.479. The lowest BCUT2D eigenvalue weighted by molar-refractivity contribution is 0.0693. The average molecular weight is 297 g/mol. The molecule has 0 aromatic carbocycles. The number of H-pyrrole nitrogens is 1. The van der Waals surface area contributed by atoms with Crippen LogP contribution in [0.2, 0.25) is 0 Å². The first-order valence-corrected chi connectivity index (χ1v) is 6.40. The highest BCUT2D eigenvalue weighted by Crippen LogP contribution is 2.12. The Morgan fingerprint density at radius 2 is 2.05 bits per heavy atom. The quantitative estimate of drug-likeness (QED) is 0.689. The van der Waals surface area contributed by atoms with Crippen molar-refractivity contribution in [2.24, 2.45) is 14.1 Å². The number of fused-ring (bicyclic) bond motifs is 1. The number of likely N-dealkylation sites (N-methyl/N-ethyl adjacent to an activating group) is 1. The van der Waals surface area contributed by atoms with E-state index < -0.39 is 17.4 Å². The molecule has 0 aliphatic rings. The normalized spacial score (nSPS) is 12.8. The number of aliphatic hydroxyl groups is 1. The molecule has 2 rings (SSSR count). The van der Waals surface area contributed by atoms with Crippen molar-refractivity contribution >= 4 is 17.1 Å². The van der Waals surface area contributed by atoms with E-state index in [4.69, 9.17) is 4.74 Å². The predicted molar refractivity (Wildman–Crippen MR) is 77.7 cm³/mol. The lowest BCUT2D eigenvalue weighted by Crippen LogP contribution is -2.36. The summed E-state index contributed by atoms with van der Waals surface area (Å²) in [6.07, 6.45) is -0.681. The maximum absolute atomic E-state index is 12.1. The van der Waals surface area contributed by atoms with Crippen molar-refractivity contribution in [3.63, 3.8) is 0 Å². The Balaban J connectivity index is 2.44. The number of nitrogens with zero attached hydrogens (tertiary/aromatic N) is 4. The first-order chi connectivity index (χ1) is 9.86. The van der Waals surface area contributed by atoms with Crippen LogP contribution in [0.5, 0.6) is 0 Å². The van der Waals surface area contributed by atoms with Crippen molar-refractivity contribution < 1.29 is 9.84 Å². The molecule has 116 valence electrons. The van der Waals surface area contributed by atoms with Gasteiger partial charge in [-0.3, -0.25) is 13.9 Å². The zero-order valence-corrected chi connectivity index (χ0v) is 12.5. The number of imidazole rings is 1. The minimum Gasteiger partial charge on any atom is -0.389 e. The Kier molecular flexibility index (Phi) is 4.14. The molecule has 2 aromatic heterocycles. The van der Waals surface area contributed by atoms with Crippen LogP contribution in [0.1, 0.15) is 0 Å². The summed E-state index contributed by atoms with van der Waals surface area (Å²) in [7, 11) is 6.19. The highest BCUT2D eigenvalue weighted by atomic mass is 16.5. The Hall–Kier alpha value is -2.13. The van der Waals surface area contributed by atoms with Crippen LogP contribution in [-0.2, 0) is 18.8 Å². The van der Waals surface area contributed by atoms with E-state index in [1.54, 1.807) is 19.0 Å². The number of hydrogen-bond donors (Lipinski definition) is 2. The zero-order chi connectivity index (χ0) is 15.7. The topological polar surface area (TPSA) is 105 Å². The third kappa shape index (κ3) is 2.69. The second-order valence-electron chi connectivity index (χ2n) is 4.95. The SMILES string of the molecule is COCC(O)CN(C)c1nc2c([nH]1)c(=O)n(C)c(=O)n2C. The third-order valence-corrected chi connectivity index (χ3v) is 3.29. The lowest BCUT2D eigenvalue weighted by Gasteiger charge is -2.19. The molecular formula is C12H19N5O4. The number of nitrogens with one attached hydrogen (secondary N) is 1. The molecule has 2 N–H and O–H groups in total. The molecule has 0 aliphatic carbocycles. The van der Waals surface area contributed by atoms with E-state index >= 15 is 0 Å². The van der Waals surface area contributed by atoms with Gasteiger partial charge < -0.3 is 19.7 Å². The monoisotopic (exact) mass is 297 g/mol. The highest BCUT2D eigenvalue weighted by molar-refractivity contribution is 5.72. The van der Waals surface area contributed by atoms with Gasteiger partial charge in [-0.25, -0.2) is 4.79 Å². The first-order valence-electron chi connectivity index (χ1n) is 6.40. The summed E-state index contributed by atoms with van der Waals surface area (Å²) in [5, 5.41) is 9.72. The standard InChI is InChI=1S/C12H19N5O4/c1-15(5-7(18)6-21-4)11-13-8-9(14-11)16(2)12(20)17(3)10(8)19/h7,18H,5-6H2,1-4H3,(H,13,14). The van der Waals surface area contributed by atoms with Crippen molar-refractivity contribution in [2.45, 2.75) is 6.10 Å². The molecular weight excluding hydrogens is 278 g/mol. The van der Waals surface area contributed by atoms with Crippen LogP contribution < -0.4 is 16.1 Å². The van der Waals surface area contributed by atoms with E-state index in [-0.39, 0.29) is 24.3 Å². The molecule has 9 heteroatoms. The maximum atomic E-state index is 12.1. The fourth-order valence-electron chi connectivity index (χ4n) is 2.14. The molecule has 0 saturated carbocycles. The predicted octanol–water partition coefficient (Wildman–Crippen LogP) is -1.60. The van der Waals surface area contributed by atoms with E-state index in [1.165, 1.54) is 18.7 Å². The van der Waals surface area contributed by atoms with Crippen molar-refractivity contribution in [1.29, 1.82) is 0 Å². The lowest BCUT2D eigenvalue weighted by atomic mass is 10.3. The fraction of sp³-hybridized carbons (Fsp3) is 0.583. The molecule has 0 fully saturated rings. The summed E-state index contributed by atoms with van der Waals surface area (Å²) in [4.78, 5) is 32.7. The Morgan fingerprint density at radius 1 is 1.38 bits per heavy atom. The van der Waals surface area contributed by atoms with Crippen LogP contribution in [0.15, 0.2) is 9.59 Å². The Morgan fingerprint density at radius 3 is 2.67 bits per heavy atom. The van der Waals surface area contributed by atoms with Gasteiger partial charge in [0.1, 0.15) is 0 Å². The van der Waals surface area contributed by atoms with Gasteiger partial charge in [0.2, 0.25) is 5.95 Å². The number of ether oxygens (including phenoxy) is 1. The largest absolute Gasteiger partial charge is 0.389 e. The van der Waals surface area contributed by atoms with Gasteiger partial charge in [0.25, 0.3) is 5.56 Å². The van der Waals surface area contributed by atoms with Crippen LogP contribution >= 0.6 is 0 Å². The molecule has 21 heavy (non-hydrogen) atoms. The number of aromatic amines is 1. The molecule has 1 unspecified atom stereocenters. The van der Waals surface area contributed by atoms with Gasteiger partial charge in [0, 0.05) is 34.8 Å². The fourth-order valence-corrected chi connectivity index (χ4v) is 2.14. The Bertz CT molecular complexity index is 759. The second kappa shape index (κ2) is 5.70. The van der Waals surface area contributed by atoms with Crippen molar-refractivity contribution in [3.8, 4) is 0 Å². The van der Waals surface area contributed by atoms with E-state index in [0.717, 1.165) is 4.57 Å². The smallest absolute Gasteiger partial charge is 0.332 e. The van der Waals surface area contributed by atoms with Crippen LogP contribution in [0, 0.1) is 0 Å². The number of aryl methyl sites for hydroxylation is 1. The van der Waals surface area contributed by atoms with Crippen LogP contribution in [0.3, 0.4) is 0 Å². The number of methoxy groups -OCH3 is 1. The van der Waals surface area contributed by atoms with E-state index in [2.05, 4.69) is 9.97 Å². The van der Waals surface area contributed by atoms with Crippen molar-refractivity contribution in [2.75, 3.05) is 32.2 Å². The maximum Gasteiger partial charge on any atom is 0.332 e. The van der Waals surface area contributed by atoms with E-state index in [1.807, 2.05) is 0 Å². The van der Waals surface area contributed by atoms with Crippen LogP contribution in [-0.4, -0.2) is 57.6 Å². The summed E-state index contributed by atoms with van der Waals surface area (Å²) in [5.41, 5.74) is -0.334. The molecule has 0 spiro atoms. The van der Waals surface area contributed by atoms with Gasteiger partial charge in [0.15, 0.2) is 11.2 Å². The molecule has 0 saturated heterocycles. The summed E-state index contributed by atoms with van der Waals surface area (Å²) >= 11 is 0. The molecule has 0 radical (unpaired) electrons. The molecule has 0 aliphatic heterocycles. The number of aromatic nitrogens is 4. The minimum absolute atomic E-state index is 0.199. The van der Waals surface area contributed by atoms with Gasteiger partial charge >= 0.3 is 5.69 Å². The van der Waals surface area contributed by atoms with Crippen LogP contribution in [0.25, 0.3) is 11.2 Å². The number of rotatable bonds is 5. The third-order valence-electron chi connectivity index (χ3n) is 3.29. The molecule has 9 nitrogen and oxygen atoms in total. The van der Waals surface area contributed by atoms with Crippen molar-refractivity contribution in [3.05, 3.63) is 20.8 Å². The van der Waals surface area contributed by atoms with Crippen LogP contribution in [0.4, 0.5) is 5.95 Å². The molecule has 1 atom stereocenters. The molecule has 0 amide bonds. The first kappa shape index (κ1) is 15.3. The highest BCUT2D eigenvalue weighted by Gasteiger charge is 2.17. The van der Waals surface area contributed by atoms with E-state index in [9.17, 15) is 14.7 Å². The van der Waals surface area contributed by atoms with Gasteiger partial charge in [0.05, 0.1) is 12.7 Å². The van der Waals surface area contributed by atoms with Crippen molar-refractivity contribution in [1.82, 2.24) is 19.1 Å². The number of aliphatic hydroxyl groups excluding tert-OH is 1. The average Bonchev–Trinajstić information content (AvgIpc) is 2.88. The molecule has 0 bridgehead atoms. The Labute approximate surface area is 120 Å². The van der Waals surface area contributed by atoms with E-state index in [0.29, 0.717) is 5.95 Å². The van der Waals surface area contributed by atoms with Gasteiger partial charge in [-0.05, 0) is 0 Å². The zero-order valence-electron chi connectivity index (χ0n) is 12.5. The second-order valence-corrected chi connectivity index (χ2v) is 4.95. The molecule has 2 heterocycles.